The summed E-state index contributed by atoms with van der Waals surface area (Å²) >= 11 is 0. The number of ketones is 1. The second-order valence-corrected chi connectivity index (χ2v) is 5.69. The van der Waals surface area contributed by atoms with E-state index in [4.69, 9.17) is 9.47 Å². The summed E-state index contributed by atoms with van der Waals surface area (Å²) in [4.78, 5) is 12.2. The number of allylic oxidation sites excluding steroid dienone is 1. The summed E-state index contributed by atoms with van der Waals surface area (Å²) in [6.45, 7) is 4.51. The van der Waals surface area contributed by atoms with Crippen LogP contribution in [-0.4, -0.2) is 12.6 Å². The average molecular weight is 309 g/mol. The number of fused-ring (bicyclic) bond motifs is 1. The Morgan fingerprint density at radius 3 is 2.78 bits per heavy atom. The van der Waals surface area contributed by atoms with E-state index in [2.05, 4.69) is 31.3 Å². The highest BCUT2D eigenvalue weighted by molar-refractivity contribution is 6.05. The minimum atomic E-state index is -0.0872. The van der Waals surface area contributed by atoms with Gasteiger partial charge in [0, 0.05) is 23.5 Å². The van der Waals surface area contributed by atoms with Crippen molar-refractivity contribution in [1.29, 1.82) is 0 Å². The summed E-state index contributed by atoms with van der Waals surface area (Å²) in [5.74, 6) is 1.67. The second-order valence-electron chi connectivity index (χ2n) is 5.69. The molecular formula is C19H19NO3. The highest BCUT2D eigenvalue weighted by atomic mass is 16.7. The molecule has 1 heterocycles. The highest BCUT2D eigenvalue weighted by Gasteiger charge is 2.14. The van der Waals surface area contributed by atoms with Gasteiger partial charge in [-0.2, -0.15) is 0 Å². The van der Waals surface area contributed by atoms with Crippen LogP contribution in [0.2, 0.25) is 0 Å². The van der Waals surface area contributed by atoms with Crippen molar-refractivity contribution in [3.8, 4) is 11.5 Å². The molecule has 0 unspecified atom stereocenters. The first kappa shape index (κ1) is 15.2. The predicted molar refractivity (Wildman–Crippen MR) is 90.2 cm³/mol. The first-order valence-corrected chi connectivity index (χ1v) is 7.60. The Hall–Kier alpha value is -2.75. The normalized spacial score (nSPS) is 12.8. The third kappa shape index (κ3) is 3.54. The van der Waals surface area contributed by atoms with E-state index in [1.54, 1.807) is 24.4 Å². The minimum absolute atomic E-state index is 0.0872. The van der Waals surface area contributed by atoms with Gasteiger partial charge in [-0.3, -0.25) is 4.79 Å². The molecule has 4 nitrogen and oxygen atoms in total. The lowest BCUT2D eigenvalue weighted by atomic mass is 10.0. The molecule has 0 atom stereocenters. The molecule has 118 valence electrons. The molecule has 0 bridgehead atoms. The standard InChI is InChI=1S/C19H19NO3/c1-13(2)14-4-3-5-16(10-14)20-9-8-17(21)15-6-7-18-19(11-15)23-12-22-18/h3-11,13,20H,12H2,1-2H3. The number of rotatable bonds is 5. The van der Waals surface area contributed by atoms with E-state index in [0.717, 1.165) is 5.69 Å². The van der Waals surface area contributed by atoms with Crippen molar-refractivity contribution >= 4 is 11.5 Å². The van der Waals surface area contributed by atoms with Gasteiger partial charge in [-0.25, -0.2) is 0 Å². The van der Waals surface area contributed by atoms with Gasteiger partial charge in [-0.05, 0) is 41.8 Å². The topological polar surface area (TPSA) is 47.6 Å². The summed E-state index contributed by atoms with van der Waals surface area (Å²) in [5.41, 5.74) is 2.79. The Morgan fingerprint density at radius 1 is 1.13 bits per heavy atom. The number of hydrogen-bond acceptors (Lipinski definition) is 4. The monoisotopic (exact) mass is 309 g/mol. The lowest BCUT2D eigenvalue weighted by molar-refractivity contribution is 0.104. The van der Waals surface area contributed by atoms with Crippen LogP contribution < -0.4 is 14.8 Å². The molecule has 0 radical (unpaired) electrons. The molecular weight excluding hydrogens is 290 g/mol. The van der Waals surface area contributed by atoms with Crippen molar-refractivity contribution in [3.63, 3.8) is 0 Å². The molecule has 1 aliphatic heterocycles. The first-order chi connectivity index (χ1) is 11.1. The molecule has 3 rings (SSSR count). The summed E-state index contributed by atoms with van der Waals surface area (Å²) in [5, 5.41) is 3.14. The van der Waals surface area contributed by atoms with Crippen molar-refractivity contribution in [3.05, 3.63) is 65.9 Å². The zero-order chi connectivity index (χ0) is 16.2. The molecule has 0 amide bonds. The van der Waals surface area contributed by atoms with E-state index in [1.165, 1.54) is 11.6 Å². The van der Waals surface area contributed by atoms with Gasteiger partial charge in [0.15, 0.2) is 17.3 Å². The van der Waals surface area contributed by atoms with Crippen LogP contribution in [0.3, 0.4) is 0 Å². The van der Waals surface area contributed by atoms with Gasteiger partial charge in [-0.1, -0.05) is 26.0 Å². The van der Waals surface area contributed by atoms with E-state index in [9.17, 15) is 4.79 Å². The fourth-order valence-corrected chi connectivity index (χ4v) is 2.35. The second kappa shape index (κ2) is 6.57. The Labute approximate surface area is 135 Å². The summed E-state index contributed by atoms with van der Waals surface area (Å²) in [7, 11) is 0. The van der Waals surface area contributed by atoms with Crippen LogP contribution in [-0.2, 0) is 0 Å². The summed E-state index contributed by atoms with van der Waals surface area (Å²) in [6, 6.07) is 13.3. The predicted octanol–water partition coefficient (Wildman–Crippen LogP) is 4.35. The van der Waals surface area contributed by atoms with E-state index in [0.29, 0.717) is 23.0 Å². The summed E-state index contributed by atoms with van der Waals surface area (Å²) in [6.07, 6.45) is 3.17. The molecule has 1 N–H and O–H groups in total. The Bertz CT molecular complexity index is 750. The van der Waals surface area contributed by atoms with Crippen LogP contribution in [0.4, 0.5) is 5.69 Å². The van der Waals surface area contributed by atoms with Crippen molar-refractivity contribution in [2.45, 2.75) is 19.8 Å². The number of ether oxygens (including phenoxy) is 2. The van der Waals surface area contributed by atoms with Crippen LogP contribution in [0.5, 0.6) is 11.5 Å². The molecule has 0 saturated carbocycles. The molecule has 0 spiro atoms. The van der Waals surface area contributed by atoms with E-state index >= 15 is 0 Å². The summed E-state index contributed by atoms with van der Waals surface area (Å²) < 4.78 is 10.5. The van der Waals surface area contributed by atoms with Crippen molar-refractivity contribution in [1.82, 2.24) is 0 Å². The van der Waals surface area contributed by atoms with Crippen molar-refractivity contribution in [2.24, 2.45) is 0 Å². The molecule has 0 aromatic heterocycles. The zero-order valence-corrected chi connectivity index (χ0v) is 13.2. The minimum Gasteiger partial charge on any atom is -0.454 e. The van der Waals surface area contributed by atoms with Gasteiger partial charge < -0.3 is 14.8 Å². The van der Waals surface area contributed by atoms with Crippen molar-refractivity contribution < 1.29 is 14.3 Å². The molecule has 0 fully saturated rings. The quantitative estimate of drug-likeness (QED) is 0.659. The lowest BCUT2D eigenvalue weighted by Gasteiger charge is -2.07. The van der Waals surface area contributed by atoms with Crippen LogP contribution >= 0.6 is 0 Å². The smallest absolute Gasteiger partial charge is 0.231 e. The largest absolute Gasteiger partial charge is 0.454 e. The Balaban J connectivity index is 1.66. The Morgan fingerprint density at radius 2 is 1.96 bits per heavy atom. The van der Waals surface area contributed by atoms with Crippen LogP contribution in [0.1, 0.15) is 35.7 Å². The van der Waals surface area contributed by atoms with E-state index in [1.807, 2.05) is 12.1 Å². The molecule has 0 aliphatic carbocycles. The third-order valence-electron chi connectivity index (χ3n) is 3.70. The van der Waals surface area contributed by atoms with Gasteiger partial charge in [0.1, 0.15) is 0 Å². The van der Waals surface area contributed by atoms with Gasteiger partial charge in [0.25, 0.3) is 0 Å². The number of carbonyl (C=O) groups is 1. The van der Waals surface area contributed by atoms with Crippen LogP contribution in [0.25, 0.3) is 0 Å². The van der Waals surface area contributed by atoms with Crippen LogP contribution in [0, 0.1) is 0 Å². The number of anilines is 1. The fourth-order valence-electron chi connectivity index (χ4n) is 2.35. The Kier molecular flexibility index (Phi) is 4.33. The third-order valence-corrected chi connectivity index (χ3v) is 3.70. The maximum Gasteiger partial charge on any atom is 0.231 e. The van der Waals surface area contributed by atoms with E-state index in [-0.39, 0.29) is 12.6 Å². The van der Waals surface area contributed by atoms with E-state index < -0.39 is 0 Å². The number of nitrogens with one attached hydrogen (secondary N) is 1. The molecule has 1 aliphatic rings. The molecule has 0 saturated heterocycles. The molecule has 23 heavy (non-hydrogen) atoms. The van der Waals surface area contributed by atoms with Crippen molar-refractivity contribution in [2.75, 3.05) is 12.1 Å². The average Bonchev–Trinajstić information content (AvgIpc) is 3.02. The van der Waals surface area contributed by atoms with Gasteiger partial charge >= 0.3 is 0 Å². The van der Waals surface area contributed by atoms with Gasteiger partial charge in [0.2, 0.25) is 6.79 Å². The molecule has 2 aromatic carbocycles. The fraction of sp³-hybridized carbons (Fsp3) is 0.211. The SMILES string of the molecule is CC(C)c1cccc(NC=CC(=O)c2ccc3c(c2)OCO3)c1. The number of carbonyl (C=O) groups excluding carboxylic acids is 1. The highest BCUT2D eigenvalue weighted by Crippen LogP contribution is 2.32. The van der Waals surface area contributed by atoms with Crippen LogP contribution in [0.15, 0.2) is 54.7 Å². The van der Waals surface area contributed by atoms with Gasteiger partial charge in [0.05, 0.1) is 0 Å². The lowest BCUT2D eigenvalue weighted by Crippen LogP contribution is -1.97. The van der Waals surface area contributed by atoms with Gasteiger partial charge in [-0.15, -0.1) is 0 Å². The zero-order valence-electron chi connectivity index (χ0n) is 13.2. The maximum absolute atomic E-state index is 12.2. The molecule has 2 aromatic rings. The maximum atomic E-state index is 12.2. The number of benzene rings is 2. The number of hydrogen-bond donors (Lipinski definition) is 1. The first-order valence-electron chi connectivity index (χ1n) is 7.60. The molecule has 4 heteroatoms.